The van der Waals surface area contributed by atoms with Gasteiger partial charge in [0.1, 0.15) is 16.6 Å². The predicted molar refractivity (Wildman–Crippen MR) is 209 cm³/mol. The van der Waals surface area contributed by atoms with Crippen molar-refractivity contribution >= 4 is 36.7 Å². The molecule has 2 aliphatic rings. The van der Waals surface area contributed by atoms with E-state index in [1.807, 2.05) is 35.6 Å². The number of benzene rings is 3. The van der Waals surface area contributed by atoms with Gasteiger partial charge in [0.25, 0.3) is 0 Å². The quantitative estimate of drug-likeness (QED) is 0.141. The first-order valence-electron chi connectivity index (χ1n) is 18.1. The van der Waals surface area contributed by atoms with E-state index < -0.39 is 14.3 Å². The van der Waals surface area contributed by atoms with Crippen LogP contribution >= 0.6 is 11.3 Å². The summed E-state index contributed by atoms with van der Waals surface area (Å²) in [6, 6.07) is 18.7. The first-order valence-corrected chi connectivity index (χ1v) is 21.8. The number of oxazole rings is 1. The van der Waals surface area contributed by atoms with E-state index in [0.717, 1.165) is 71.1 Å². The lowest BCUT2D eigenvalue weighted by Gasteiger charge is -2.37. The van der Waals surface area contributed by atoms with E-state index >= 15 is 0 Å². The Balaban J connectivity index is 1.11. The third-order valence-electron chi connectivity index (χ3n) is 11.3. The summed E-state index contributed by atoms with van der Waals surface area (Å²) in [6.07, 6.45) is 0.953. The van der Waals surface area contributed by atoms with Crippen molar-refractivity contribution < 1.29 is 18.7 Å². The van der Waals surface area contributed by atoms with E-state index in [0.29, 0.717) is 42.2 Å². The number of aliphatic carboxylic acids is 1. The molecule has 4 heterocycles. The molecule has 2 aromatic heterocycles. The maximum atomic E-state index is 11.3. The summed E-state index contributed by atoms with van der Waals surface area (Å²) in [4.78, 5) is 27.2. The van der Waals surface area contributed by atoms with Crippen LogP contribution in [0.1, 0.15) is 53.6 Å². The number of hydrogen-bond acceptors (Lipinski definition) is 9. The van der Waals surface area contributed by atoms with Gasteiger partial charge < -0.3 is 13.9 Å². The van der Waals surface area contributed by atoms with Gasteiger partial charge in [-0.3, -0.25) is 14.6 Å². The van der Waals surface area contributed by atoms with Crippen LogP contribution in [0, 0.1) is 31.1 Å². The van der Waals surface area contributed by atoms with Crippen molar-refractivity contribution in [2.75, 3.05) is 32.8 Å². The number of nitriles is 1. The standard InChI is InChI=1S/C41H47N5O4SSi/c1-25-30(10-8-12-32(25)38-43-35-19-27(18-28(20-42)37(35)50-38)21-46-22-29(23-46)40(47)48)31-11-9-13-33(26(31)2)39-44-34-14-15-45(24-36(34)51-39)16-17-49-52(6,7)41(3,4)5/h8-13,18-19,29H,14-17,21-24H2,1-7H3,(H,47,48). The molecule has 11 heteroatoms. The van der Waals surface area contributed by atoms with Gasteiger partial charge in [-0.15, -0.1) is 11.3 Å². The summed E-state index contributed by atoms with van der Waals surface area (Å²) in [7, 11) is -1.76. The molecule has 5 aromatic rings. The minimum atomic E-state index is -1.76. The summed E-state index contributed by atoms with van der Waals surface area (Å²) < 4.78 is 12.8. The molecule has 0 atom stereocenters. The van der Waals surface area contributed by atoms with Gasteiger partial charge in [0.15, 0.2) is 13.9 Å². The van der Waals surface area contributed by atoms with E-state index in [-0.39, 0.29) is 11.0 Å². The predicted octanol–water partition coefficient (Wildman–Crippen LogP) is 8.67. The van der Waals surface area contributed by atoms with Gasteiger partial charge in [-0.2, -0.15) is 5.26 Å². The molecule has 270 valence electrons. The molecular weight excluding hydrogens is 687 g/mol. The highest BCUT2D eigenvalue weighted by Gasteiger charge is 2.37. The second kappa shape index (κ2) is 14.0. The normalized spacial score (nSPS) is 15.8. The Morgan fingerprint density at radius 1 is 1.04 bits per heavy atom. The third-order valence-corrected chi connectivity index (χ3v) is 16.9. The largest absolute Gasteiger partial charge is 0.481 e. The van der Waals surface area contributed by atoms with Crippen molar-refractivity contribution in [1.29, 1.82) is 5.26 Å². The highest BCUT2D eigenvalue weighted by atomic mass is 32.1. The van der Waals surface area contributed by atoms with E-state index in [9.17, 15) is 15.2 Å². The third kappa shape index (κ3) is 6.98. The van der Waals surface area contributed by atoms with Gasteiger partial charge in [-0.1, -0.05) is 51.1 Å². The smallest absolute Gasteiger partial charge is 0.309 e. The number of hydrogen-bond donors (Lipinski definition) is 1. The fourth-order valence-corrected chi connectivity index (χ4v) is 9.28. The maximum Gasteiger partial charge on any atom is 0.309 e. The number of fused-ring (bicyclic) bond motifs is 2. The van der Waals surface area contributed by atoms with Crippen molar-refractivity contribution in [2.24, 2.45) is 5.92 Å². The molecule has 0 spiro atoms. The first kappa shape index (κ1) is 36.2. The Bertz CT molecular complexity index is 2200. The molecule has 0 saturated carbocycles. The molecule has 7 rings (SSSR count). The molecule has 9 nitrogen and oxygen atoms in total. The number of carbonyl (C=O) groups is 1. The maximum absolute atomic E-state index is 11.3. The van der Waals surface area contributed by atoms with E-state index in [1.165, 1.54) is 16.1 Å². The highest BCUT2D eigenvalue weighted by Crippen LogP contribution is 2.40. The van der Waals surface area contributed by atoms with Crippen LogP contribution in [0.4, 0.5) is 0 Å². The second-order valence-electron chi connectivity index (χ2n) is 15.8. The zero-order valence-electron chi connectivity index (χ0n) is 31.2. The first-order chi connectivity index (χ1) is 24.7. The lowest BCUT2D eigenvalue weighted by atomic mass is 9.91. The number of thiazole rings is 1. The molecule has 1 N–H and O–H groups in total. The molecule has 0 bridgehead atoms. The Hall–Kier alpha value is -4.18. The average Bonchev–Trinajstić information content (AvgIpc) is 3.69. The topological polar surface area (TPSA) is 116 Å². The minimum Gasteiger partial charge on any atom is -0.481 e. The van der Waals surface area contributed by atoms with Crippen LogP contribution in [0.25, 0.3) is 44.3 Å². The zero-order chi connectivity index (χ0) is 36.9. The number of nitrogens with zero attached hydrogens (tertiary/aromatic N) is 5. The van der Waals surface area contributed by atoms with Gasteiger partial charge >= 0.3 is 5.97 Å². The van der Waals surface area contributed by atoms with Gasteiger partial charge in [-0.25, -0.2) is 9.97 Å². The van der Waals surface area contributed by atoms with Gasteiger partial charge in [-0.05, 0) is 78.0 Å². The summed E-state index contributed by atoms with van der Waals surface area (Å²) in [5.41, 5.74) is 10.1. The second-order valence-corrected chi connectivity index (χ2v) is 21.7. The van der Waals surface area contributed by atoms with Crippen molar-refractivity contribution in [3.63, 3.8) is 0 Å². The van der Waals surface area contributed by atoms with Crippen LogP contribution in [-0.2, 0) is 28.7 Å². The number of carboxylic acids is 1. The molecular formula is C41H47N5O4SSi. The van der Waals surface area contributed by atoms with Crippen LogP contribution in [0.2, 0.25) is 18.1 Å². The fourth-order valence-electron chi connectivity index (χ4n) is 7.01. The average molecular weight is 734 g/mol. The molecule has 1 fully saturated rings. The van der Waals surface area contributed by atoms with E-state index in [1.54, 1.807) is 0 Å². The van der Waals surface area contributed by atoms with Crippen molar-refractivity contribution in [3.05, 3.63) is 81.4 Å². The van der Waals surface area contributed by atoms with Crippen LogP contribution in [0.5, 0.6) is 0 Å². The molecule has 1 saturated heterocycles. The number of likely N-dealkylation sites (tertiary alicyclic amines) is 1. The lowest BCUT2D eigenvalue weighted by molar-refractivity contribution is -0.147. The zero-order valence-corrected chi connectivity index (χ0v) is 33.0. The molecule has 52 heavy (non-hydrogen) atoms. The molecule has 0 amide bonds. The number of carboxylic acid groups (broad SMARTS) is 1. The molecule has 2 aliphatic heterocycles. The lowest BCUT2D eigenvalue weighted by Crippen LogP contribution is -2.49. The van der Waals surface area contributed by atoms with Crippen LogP contribution in [0.15, 0.2) is 52.9 Å². The highest BCUT2D eigenvalue weighted by molar-refractivity contribution is 7.15. The van der Waals surface area contributed by atoms with Gasteiger partial charge in [0.2, 0.25) is 5.89 Å². The Labute approximate surface area is 311 Å². The summed E-state index contributed by atoms with van der Waals surface area (Å²) in [6.45, 7) is 21.0. The molecule has 0 aliphatic carbocycles. The Morgan fingerprint density at radius 3 is 2.38 bits per heavy atom. The van der Waals surface area contributed by atoms with E-state index in [4.69, 9.17) is 18.8 Å². The van der Waals surface area contributed by atoms with Crippen LogP contribution < -0.4 is 0 Å². The van der Waals surface area contributed by atoms with Crippen molar-refractivity contribution in [1.82, 2.24) is 19.8 Å². The van der Waals surface area contributed by atoms with Gasteiger partial charge in [0, 0.05) is 68.3 Å². The molecule has 0 radical (unpaired) electrons. The fraction of sp³-hybridized carbons (Fsp3) is 0.415. The number of rotatable bonds is 10. The molecule has 3 aromatic carbocycles. The van der Waals surface area contributed by atoms with E-state index in [2.05, 4.69) is 87.8 Å². The van der Waals surface area contributed by atoms with Gasteiger partial charge in [0.05, 0.1) is 17.2 Å². The summed E-state index contributed by atoms with van der Waals surface area (Å²) in [5.74, 6) is -0.630. The molecule has 0 unspecified atom stereocenters. The Kier molecular flexibility index (Phi) is 9.74. The van der Waals surface area contributed by atoms with Crippen LogP contribution in [0.3, 0.4) is 0 Å². The summed E-state index contributed by atoms with van der Waals surface area (Å²) >= 11 is 1.81. The summed E-state index contributed by atoms with van der Waals surface area (Å²) in [5, 5.41) is 20.5. The van der Waals surface area contributed by atoms with Crippen LogP contribution in [-0.4, -0.2) is 71.9 Å². The van der Waals surface area contributed by atoms with Crippen molar-refractivity contribution in [3.8, 4) is 39.2 Å². The Morgan fingerprint density at radius 2 is 1.71 bits per heavy atom. The minimum absolute atomic E-state index is 0.212. The van der Waals surface area contributed by atoms with Crippen molar-refractivity contribution in [2.45, 2.75) is 72.3 Å². The number of aromatic nitrogens is 2. The monoisotopic (exact) mass is 733 g/mol. The SMILES string of the molecule is Cc1c(-c2nc3cc(CN4CC(C(=O)O)C4)cc(C#N)c3o2)cccc1-c1cccc(-c2nc3c(s2)CN(CCO[Si](C)(C)C(C)(C)C)CC3)c1C.